The van der Waals surface area contributed by atoms with Crippen LogP contribution in [-0.4, -0.2) is 72.3 Å². The molecule has 2 aliphatic heterocycles. The second kappa shape index (κ2) is 6.64. The summed E-state index contributed by atoms with van der Waals surface area (Å²) in [5.74, 6) is 0.437. The van der Waals surface area contributed by atoms with Crippen molar-refractivity contribution in [1.29, 1.82) is 0 Å². The van der Waals surface area contributed by atoms with Crippen LogP contribution in [0.25, 0.3) is 0 Å². The number of carbonyl (C=O) groups excluding carboxylic acids is 2. The summed E-state index contributed by atoms with van der Waals surface area (Å²) in [6, 6.07) is 0.284. The van der Waals surface area contributed by atoms with Crippen LogP contribution in [-0.2, 0) is 16.1 Å². The molecule has 0 spiro atoms. The van der Waals surface area contributed by atoms with Crippen LogP contribution < -0.4 is 0 Å². The van der Waals surface area contributed by atoms with Crippen LogP contribution in [0.3, 0.4) is 0 Å². The van der Waals surface area contributed by atoms with Gasteiger partial charge < -0.3 is 14.9 Å². The van der Waals surface area contributed by atoms with Gasteiger partial charge >= 0.3 is 0 Å². The molecule has 0 aromatic carbocycles. The smallest absolute Gasteiger partial charge is 0.225 e. The Morgan fingerprint density at radius 2 is 2.15 bits per heavy atom. The van der Waals surface area contributed by atoms with E-state index in [1.54, 1.807) is 17.9 Å². The fraction of sp³-hybridized carbons (Fsp3) is 0.778. The van der Waals surface area contributed by atoms with Crippen molar-refractivity contribution in [2.24, 2.45) is 5.92 Å². The first-order valence-electron chi connectivity index (χ1n) is 9.57. The van der Waals surface area contributed by atoms with Crippen LogP contribution in [0, 0.1) is 5.92 Å². The van der Waals surface area contributed by atoms with Gasteiger partial charge in [-0.15, -0.1) is 0 Å². The molecular formula is C18H27N5O3. The minimum atomic E-state index is -0.773. The Labute approximate surface area is 153 Å². The third-order valence-corrected chi connectivity index (χ3v) is 6.36. The highest BCUT2D eigenvalue weighted by atomic mass is 16.3. The molecule has 0 unspecified atom stereocenters. The second-order valence-corrected chi connectivity index (χ2v) is 8.14. The summed E-state index contributed by atoms with van der Waals surface area (Å²) in [6.07, 6.45) is 7.57. The average Bonchev–Trinajstić information content (AvgIpc) is 3.19. The Morgan fingerprint density at radius 3 is 2.77 bits per heavy atom. The summed E-state index contributed by atoms with van der Waals surface area (Å²) in [4.78, 5) is 32.7. The van der Waals surface area contributed by atoms with Gasteiger partial charge in [0, 0.05) is 26.1 Å². The molecule has 1 aromatic rings. The van der Waals surface area contributed by atoms with Gasteiger partial charge in [0.25, 0.3) is 0 Å². The lowest BCUT2D eigenvalue weighted by atomic mass is 9.77. The monoisotopic (exact) mass is 361 g/mol. The van der Waals surface area contributed by atoms with E-state index >= 15 is 0 Å². The Hall–Kier alpha value is -1.96. The summed E-state index contributed by atoms with van der Waals surface area (Å²) < 4.78 is 1.77. The minimum Gasteiger partial charge on any atom is -0.389 e. The van der Waals surface area contributed by atoms with Crippen LogP contribution in [0.15, 0.2) is 12.7 Å². The first-order valence-corrected chi connectivity index (χ1v) is 9.57. The maximum absolute atomic E-state index is 12.6. The van der Waals surface area contributed by atoms with Crippen molar-refractivity contribution in [2.45, 2.75) is 69.7 Å². The second-order valence-electron chi connectivity index (χ2n) is 8.14. The number of hydrogen-bond donors (Lipinski definition) is 1. The van der Waals surface area contributed by atoms with E-state index in [1.165, 1.54) is 6.33 Å². The number of carbonyl (C=O) groups is 2. The summed E-state index contributed by atoms with van der Waals surface area (Å²) in [5.41, 5.74) is -0.773. The molecule has 3 atom stereocenters. The molecule has 1 N–H and O–H groups in total. The molecular weight excluding hydrogens is 334 g/mol. The molecule has 2 saturated heterocycles. The van der Waals surface area contributed by atoms with Gasteiger partial charge in [-0.3, -0.25) is 14.3 Å². The Morgan fingerprint density at radius 1 is 1.35 bits per heavy atom. The minimum absolute atomic E-state index is 0.0553. The molecule has 142 valence electrons. The zero-order valence-electron chi connectivity index (χ0n) is 15.3. The van der Waals surface area contributed by atoms with Gasteiger partial charge in [0.15, 0.2) is 0 Å². The van der Waals surface area contributed by atoms with Gasteiger partial charge in [0.2, 0.25) is 11.8 Å². The van der Waals surface area contributed by atoms with Gasteiger partial charge in [-0.1, -0.05) is 0 Å². The molecule has 3 aliphatic rings. The maximum atomic E-state index is 12.6. The van der Waals surface area contributed by atoms with E-state index < -0.39 is 5.60 Å². The molecule has 1 aliphatic carbocycles. The summed E-state index contributed by atoms with van der Waals surface area (Å²) in [5, 5.41) is 14.4. The largest absolute Gasteiger partial charge is 0.389 e. The van der Waals surface area contributed by atoms with E-state index in [0.717, 1.165) is 32.1 Å². The zero-order valence-corrected chi connectivity index (χ0v) is 15.3. The predicted molar refractivity (Wildman–Crippen MR) is 92.8 cm³/mol. The normalized spacial score (nSPS) is 30.0. The zero-order chi connectivity index (χ0) is 18.3. The molecule has 1 aromatic heterocycles. The van der Waals surface area contributed by atoms with Gasteiger partial charge in [-0.05, 0) is 38.0 Å². The first-order chi connectivity index (χ1) is 12.5. The summed E-state index contributed by atoms with van der Waals surface area (Å²) in [6.45, 7) is 3.60. The Bertz CT molecular complexity index is 672. The van der Waals surface area contributed by atoms with Crippen molar-refractivity contribution >= 4 is 11.8 Å². The molecule has 8 nitrogen and oxygen atoms in total. The van der Waals surface area contributed by atoms with E-state index in [-0.39, 0.29) is 30.3 Å². The van der Waals surface area contributed by atoms with E-state index in [1.807, 2.05) is 9.80 Å². The Kier molecular flexibility index (Phi) is 4.46. The van der Waals surface area contributed by atoms with Crippen LogP contribution in [0.2, 0.25) is 0 Å². The fourth-order valence-corrected chi connectivity index (χ4v) is 4.93. The number of likely N-dealkylation sites (tertiary alicyclic amines) is 2. The number of amides is 2. The molecule has 3 heterocycles. The molecule has 3 fully saturated rings. The molecule has 4 rings (SSSR count). The highest BCUT2D eigenvalue weighted by Crippen LogP contribution is 2.38. The number of piperidine rings is 1. The SMILES string of the molecule is CC(=O)N1[C@H](Cn2cncn2)C[C@@H]2CN(C(=O)CC3(O)CCC3)CC[C@@H]21. The van der Waals surface area contributed by atoms with Crippen molar-refractivity contribution in [3.8, 4) is 0 Å². The molecule has 2 amide bonds. The lowest BCUT2D eigenvalue weighted by Gasteiger charge is -2.41. The predicted octanol–water partition coefficient (Wildman–Crippen LogP) is 0.421. The van der Waals surface area contributed by atoms with Crippen molar-refractivity contribution in [2.75, 3.05) is 13.1 Å². The van der Waals surface area contributed by atoms with E-state index in [2.05, 4.69) is 10.1 Å². The molecule has 26 heavy (non-hydrogen) atoms. The number of aromatic nitrogens is 3. The van der Waals surface area contributed by atoms with Gasteiger partial charge in [0.05, 0.1) is 24.6 Å². The molecule has 8 heteroatoms. The quantitative estimate of drug-likeness (QED) is 0.839. The van der Waals surface area contributed by atoms with Crippen LogP contribution in [0.4, 0.5) is 0 Å². The third kappa shape index (κ3) is 3.22. The number of nitrogens with zero attached hydrogens (tertiary/aromatic N) is 5. The van der Waals surface area contributed by atoms with Crippen molar-refractivity contribution in [1.82, 2.24) is 24.6 Å². The topological polar surface area (TPSA) is 91.6 Å². The third-order valence-electron chi connectivity index (χ3n) is 6.36. The van der Waals surface area contributed by atoms with Gasteiger partial charge in [-0.25, -0.2) is 4.98 Å². The molecule has 0 radical (unpaired) electrons. The van der Waals surface area contributed by atoms with Gasteiger partial charge in [-0.2, -0.15) is 5.10 Å². The molecule has 0 bridgehead atoms. The number of hydrogen-bond acceptors (Lipinski definition) is 5. The standard InChI is InChI=1S/C18H27N5O3/c1-13(24)23-15(10-22-12-19-11-20-22)7-14-9-21(6-3-16(14)23)17(25)8-18(26)4-2-5-18/h11-12,14-16,26H,2-10H2,1H3/t14-,15+,16+/m1/s1. The fourth-order valence-electron chi connectivity index (χ4n) is 4.93. The number of rotatable bonds is 4. The highest BCUT2D eigenvalue weighted by molar-refractivity contribution is 5.78. The van der Waals surface area contributed by atoms with Crippen molar-refractivity contribution in [3.05, 3.63) is 12.7 Å². The average molecular weight is 361 g/mol. The van der Waals surface area contributed by atoms with Crippen molar-refractivity contribution in [3.63, 3.8) is 0 Å². The lowest BCUT2D eigenvalue weighted by Crippen LogP contribution is -2.52. The van der Waals surface area contributed by atoms with Crippen LogP contribution in [0.1, 0.15) is 45.4 Å². The first kappa shape index (κ1) is 17.5. The van der Waals surface area contributed by atoms with E-state index in [4.69, 9.17) is 0 Å². The van der Waals surface area contributed by atoms with Gasteiger partial charge in [0.1, 0.15) is 12.7 Å². The number of fused-ring (bicyclic) bond motifs is 1. The Balaban J connectivity index is 1.42. The molecule has 1 saturated carbocycles. The lowest BCUT2D eigenvalue weighted by molar-refractivity contribution is -0.143. The van der Waals surface area contributed by atoms with E-state index in [9.17, 15) is 14.7 Å². The van der Waals surface area contributed by atoms with Crippen LogP contribution >= 0.6 is 0 Å². The number of aliphatic hydroxyl groups is 1. The summed E-state index contributed by atoms with van der Waals surface area (Å²) >= 11 is 0. The maximum Gasteiger partial charge on any atom is 0.225 e. The summed E-state index contributed by atoms with van der Waals surface area (Å²) in [7, 11) is 0. The highest BCUT2D eigenvalue weighted by Gasteiger charge is 2.46. The van der Waals surface area contributed by atoms with E-state index in [0.29, 0.717) is 25.6 Å². The van der Waals surface area contributed by atoms with Crippen LogP contribution in [0.5, 0.6) is 0 Å². The van der Waals surface area contributed by atoms with Crippen molar-refractivity contribution < 1.29 is 14.7 Å².